The Labute approximate surface area is 249 Å². The van der Waals surface area contributed by atoms with Crippen molar-refractivity contribution >= 4 is 40.3 Å². The summed E-state index contributed by atoms with van der Waals surface area (Å²) in [6, 6.07) is 12.8. The van der Waals surface area contributed by atoms with Gasteiger partial charge in [-0.1, -0.05) is 0 Å². The smallest absolute Gasteiger partial charge is 0.410 e. The van der Waals surface area contributed by atoms with Crippen LogP contribution in [0.5, 0.6) is 5.75 Å². The summed E-state index contributed by atoms with van der Waals surface area (Å²) in [5, 5.41) is 7.64. The minimum Gasteiger partial charge on any atom is -0.482 e. The SMILES string of the molecule is CCOC(=O)COc1ccc(Nc2cc(-c3nc(N[C@@H]4CCN(C(=O)OC(C)(C)C)C4)c4ccncc4n3)ccn2)cc1. The van der Waals surface area contributed by atoms with Crippen molar-refractivity contribution in [1.29, 1.82) is 0 Å². The van der Waals surface area contributed by atoms with Gasteiger partial charge in [0.25, 0.3) is 0 Å². The Kier molecular flexibility index (Phi) is 8.84. The summed E-state index contributed by atoms with van der Waals surface area (Å²) in [4.78, 5) is 44.2. The second-order valence-corrected chi connectivity index (χ2v) is 11.0. The maximum atomic E-state index is 12.6. The van der Waals surface area contributed by atoms with Crippen molar-refractivity contribution in [1.82, 2.24) is 24.8 Å². The minimum absolute atomic E-state index is 0.00513. The number of carbonyl (C=O) groups is 2. The summed E-state index contributed by atoms with van der Waals surface area (Å²) < 4.78 is 15.9. The monoisotopic (exact) mass is 585 g/mol. The number of benzene rings is 1. The van der Waals surface area contributed by atoms with E-state index in [0.29, 0.717) is 48.4 Å². The molecule has 1 aromatic carbocycles. The quantitative estimate of drug-likeness (QED) is 0.251. The number of fused-ring (bicyclic) bond motifs is 1. The Morgan fingerprint density at radius 1 is 1.07 bits per heavy atom. The molecule has 4 aromatic rings. The summed E-state index contributed by atoms with van der Waals surface area (Å²) in [6.07, 6.45) is 5.55. The maximum Gasteiger partial charge on any atom is 0.410 e. The first-order valence-corrected chi connectivity index (χ1v) is 14.1. The molecule has 1 aliphatic rings. The number of hydrogen-bond acceptors (Lipinski definition) is 11. The average Bonchev–Trinajstić information content (AvgIpc) is 3.45. The van der Waals surface area contributed by atoms with E-state index in [-0.39, 0.29) is 18.7 Å². The van der Waals surface area contributed by atoms with Gasteiger partial charge in [-0.2, -0.15) is 0 Å². The fourth-order valence-corrected chi connectivity index (χ4v) is 4.55. The molecule has 12 nitrogen and oxygen atoms in total. The zero-order valence-electron chi connectivity index (χ0n) is 24.7. The summed E-state index contributed by atoms with van der Waals surface area (Å²) in [7, 11) is 0. The van der Waals surface area contributed by atoms with Crippen molar-refractivity contribution in [3.63, 3.8) is 0 Å². The molecule has 12 heteroatoms. The number of hydrogen-bond donors (Lipinski definition) is 2. The van der Waals surface area contributed by atoms with E-state index in [0.717, 1.165) is 23.1 Å². The van der Waals surface area contributed by atoms with Gasteiger partial charge in [-0.3, -0.25) is 4.98 Å². The maximum absolute atomic E-state index is 12.6. The third-order valence-corrected chi connectivity index (χ3v) is 6.49. The number of esters is 1. The van der Waals surface area contributed by atoms with E-state index in [1.165, 1.54) is 0 Å². The van der Waals surface area contributed by atoms with Gasteiger partial charge in [0, 0.05) is 48.2 Å². The third-order valence-electron chi connectivity index (χ3n) is 6.49. The van der Waals surface area contributed by atoms with Crippen molar-refractivity contribution in [3.8, 4) is 17.1 Å². The van der Waals surface area contributed by atoms with Gasteiger partial charge in [-0.05, 0) is 76.6 Å². The third kappa shape index (κ3) is 7.85. The van der Waals surface area contributed by atoms with Crippen LogP contribution in [0.25, 0.3) is 22.3 Å². The number of carbonyl (C=O) groups excluding carboxylic acids is 2. The van der Waals surface area contributed by atoms with Gasteiger partial charge in [-0.25, -0.2) is 24.5 Å². The molecule has 1 aliphatic heterocycles. The van der Waals surface area contributed by atoms with Crippen LogP contribution in [0.4, 0.5) is 22.1 Å². The first kappa shape index (κ1) is 29.5. The standard InChI is InChI=1S/C31H35N7O5/c1-5-41-27(39)19-42-23-8-6-21(7-9-23)34-26-16-20(10-14-33-26)28-36-25-17-32-13-11-24(25)29(37-28)35-22-12-15-38(18-22)30(40)43-31(2,3)4/h6-11,13-14,16-17,22H,5,12,15,18-19H2,1-4H3,(H,33,34)(H,35,36,37)/t22-/m1/s1. The first-order chi connectivity index (χ1) is 20.7. The highest BCUT2D eigenvalue weighted by Gasteiger charge is 2.30. The summed E-state index contributed by atoms with van der Waals surface area (Å²) in [6.45, 7) is 8.61. The van der Waals surface area contributed by atoms with Crippen molar-refractivity contribution in [2.45, 2.75) is 45.8 Å². The molecule has 1 saturated heterocycles. The second kappa shape index (κ2) is 12.9. The number of anilines is 3. The number of amides is 1. The van der Waals surface area contributed by atoms with E-state index in [2.05, 4.69) is 20.6 Å². The van der Waals surface area contributed by atoms with E-state index in [1.54, 1.807) is 42.5 Å². The minimum atomic E-state index is -0.547. The lowest BCUT2D eigenvalue weighted by Crippen LogP contribution is -2.36. The Hall–Kier alpha value is -5.00. The lowest BCUT2D eigenvalue weighted by Gasteiger charge is -2.24. The molecule has 2 N–H and O–H groups in total. The highest BCUT2D eigenvalue weighted by Crippen LogP contribution is 2.28. The molecule has 0 spiro atoms. The van der Waals surface area contributed by atoms with E-state index < -0.39 is 11.6 Å². The molecule has 1 amide bonds. The number of rotatable bonds is 9. The Balaban J connectivity index is 1.30. The molecule has 4 heterocycles. The Morgan fingerprint density at radius 3 is 2.65 bits per heavy atom. The van der Waals surface area contributed by atoms with Crippen LogP contribution in [-0.4, -0.2) is 74.8 Å². The molecule has 0 aliphatic carbocycles. The number of aromatic nitrogens is 4. The summed E-state index contributed by atoms with van der Waals surface area (Å²) in [5.41, 5.74) is 1.70. The van der Waals surface area contributed by atoms with Gasteiger partial charge in [0.05, 0.1) is 18.3 Å². The van der Waals surface area contributed by atoms with Crippen molar-refractivity contribution < 1.29 is 23.8 Å². The molecule has 1 atom stereocenters. The lowest BCUT2D eigenvalue weighted by atomic mass is 10.2. The molecule has 0 bridgehead atoms. The number of likely N-dealkylation sites (tertiary alicyclic amines) is 1. The molecule has 5 rings (SSSR count). The zero-order chi connectivity index (χ0) is 30.4. The fourth-order valence-electron chi connectivity index (χ4n) is 4.55. The van der Waals surface area contributed by atoms with Crippen LogP contribution in [0.3, 0.4) is 0 Å². The van der Waals surface area contributed by atoms with Gasteiger partial charge in [0.1, 0.15) is 23.0 Å². The molecule has 0 saturated carbocycles. The highest BCUT2D eigenvalue weighted by molar-refractivity contribution is 5.90. The van der Waals surface area contributed by atoms with Gasteiger partial charge in [0.15, 0.2) is 12.4 Å². The second-order valence-electron chi connectivity index (χ2n) is 11.0. The molecule has 0 radical (unpaired) electrons. The largest absolute Gasteiger partial charge is 0.482 e. The normalized spacial score (nSPS) is 14.8. The van der Waals surface area contributed by atoms with Gasteiger partial charge < -0.3 is 29.7 Å². The molecular formula is C31H35N7O5. The predicted octanol–water partition coefficient (Wildman–Crippen LogP) is 5.19. The molecule has 1 fully saturated rings. The van der Waals surface area contributed by atoms with Crippen molar-refractivity contribution in [2.24, 2.45) is 0 Å². The Bertz CT molecular complexity index is 1590. The highest BCUT2D eigenvalue weighted by atomic mass is 16.6. The van der Waals surface area contributed by atoms with Crippen LogP contribution in [0.15, 0.2) is 61.1 Å². The van der Waals surface area contributed by atoms with E-state index in [4.69, 9.17) is 24.2 Å². The van der Waals surface area contributed by atoms with Gasteiger partial charge >= 0.3 is 12.1 Å². The van der Waals surface area contributed by atoms with E-state index in [1.807, 2.05) is 51.1 Å². The first-order valence-electron chi connectivity index (χ1n) is 14.1. The average molecular weight is 586 g/mol. The topological polar surface area (TPSA) is 141 Å². The van der Waals surface area contributed by atoms with Crippen LogP contribution < -0.4 is 15.4 Å². The van der Waals surface area contributed by atoms with Crippen LogP contribution in [0.2, 0.25) is 0 Å². The molecule has 3 aromatic heterocycles. The molecule has 0 unspecified atom stereocenters. The van der Waals surface area contributed by atoms with Crippen LogP contribution in [0, 0.1) is 0 Å². The van der Waals surface area contributed by atoms with Crippen LogP contribution >= 0.6 is 0 Å². The van der Waals surface area contributed by atoms with Gasteiger partial charge in [0.2, 0.25) is 0 Å². The van der Waals surface area contributed by atoms with E-state index >= 15 is 0 Å². The summed E-state index contributed by atoms with van der Waals surface area (Å²) >= 11 is 0. The molecular weight excluding hydrogens is 550 g/mol. The Morgan fingerprint density at radius 2 is 1.88 bits per heavy atom. The molecule has 224 valence electrons. The van der Waals surface area contributed by atoms with Crippen molar-refractivity contribution in [2.75, 3.05) is 36.9 Å². The molecule has 43 heavy (non-hydrogen) atoms. The van der Waals surface area contributed by atoms with Crippen molar-refractivity contribution in [3.05, 3.63) is 61.1 Å². The lowest BCUT2D eigenvalue weighted by molar-refractivity contribution is -0.145. The predicted molar refractivity (Wildman–Crippen MR) is 162 cm³/mol. The fraction of sp³-hybridized carbons (Fsp3) is 0.355. The number of pyridine rings is 2. The van der Waals surface area contributed by atoms with E-state index in [9.17, 15) is 9.59 Å². The van der Waals surface area contributed by atoms with Crippen LogP contribution in [0.1, 0.15) is 34.1 Å². The number of nitrogens with one attached hydrogen (secondary N) is 2. The van der Waals surface area contributed by atoms with Crippen LogP contribution in [-0.2, 0) is 14.3 Å². The number of ether oxygens (including phenoxy) is 3. The number of nitrogens with zero attached hydrogens (tertiary/aromatic N) is 5. The van der Waals surface area contributed by atoms with Gasteiger partial charge in [-0.15, -0.1) is 0 Å². The zero-order valence-corrected chi connectivity index (χ0v) is 24.7. The summed E-state index contributed by atoms with van der Waals surface area (Å²) in [5.74, 6) is 1.92.